The minimum Gasteiger partial charge on any atom is -0.497 e. The highest BCUT2D eigenvalue weighted by atomic mass is 32.2. The molecule has 192 valence electrons. The van der Waals surface area contributed by atoms with Crippen LogP contribution < -0.4 is 14.4 Å². The van der Waals surface area contributed by atoms with Crippen molar-refractivity contribution in [1.82, 2.24) is 4.98 Å². The van der Waals surface area contributed by atoms with Crippen molar-refractivity contribution in [2.45, 2.75) is 23.8 Å². The van der Waals surface area contributed by atoms with Gasteiger partial charge in [-0.2, -0.15) is 0 Å². The first-order valence-electron chi connectivity index (χ1n) is 11.6. The first-order valence-corrected chi connectivity index (χ1v) is 13.9. The fraction of sp³-hybridized carbons (Fsp3) is 0.231. The first-order chi connectivity index (χ1) is 17.8. The lowest BCUT2D eigenvalue weighted by Crippen LogP contribution is -2.37. The number of halogens is 1. The topological polar surface area (TPSA) is 97.8 Å². The third-order valence-electron chi connectivity index (χ3n) is 6.00. The Hall–Kier alpha value is -3.54. The number of rotatable bonds is 8. The Balaban J connectivity index is 1.38. The number of hydrogen-bond acceptors (Lipinski definition) is 7. The van der Waals surface area contributed by atoms with Crippen molar-refractivity contribution in [3.05, 3.63) is 78.1 Å². The number of amides is 1. The maximum atomic E-state index is 14.3. The first kappa shape index (κ1) is 25.1. The molecule has 1 N–H and O–H groups in total. The number of thiazole rings is 1. The van der Waals surface area contributed by atoms with E-state index in [9.17, 15) is 17.6 Å². The molecule has 37 heavy (non-hydrogen) atoms. The van der Waals surface area contributed by atoms with Crippen molar-refractivity contribution < 1.29 is 27.1 Å². The van der Waals surface area contributed by atoms with Gasteiger partial charge >= 0.3 is 0 Å². The summed E-state index contributed by atoms with van der Waals surface area (Å²) in [6.45, 7) is 0.913. The van der Waals surface area contributed by atoms with Crippen LogP contribution in [0.4, 0.5) is 15.2 Å². The van der Waals surface area contributed by atoms with Crippen LogP contribution in [-0.4, -0.2) is 45.7 Å². The number of nitrogens with zero attached hydrogens (tertiary/aromatic N) is 2. The van der Waals surface area contributed by atoms with Crippen LogP contribution in [0.1, 0.15) is 23.2 Å². The van der Waals surface area contributed by atoms with Crippen LogP contribution in [0.25, 0.3) is 10.2 Å². The highest BCUT2D eigenvalue weighted by molar-refractivity contribution is 7.92. The lowest BCUT2D eigenvalue weighted by molar-refractivity contribution is 0.0917. The maximum Gasteiger partial charge on any atom is 0.261 e. The average Bonchev–Trinajstić information content (AvgIpc) is 3.58. The second-order valence-electron chi connectivity index (χ2n) is 8.49. The molecule has 1 aliphatic heterocycles. The summed E-state index contributed by atoms with van der Waals surface area (Å²) in [7, 11) is -2.33. The molecule has 3 aromatic carbocycles. The molecule has 1 saturated heterocycles. The Bertz CT molecular complexity index is 1520. The number of nitrogens with one attached hydrogen (secondary N) is 1. The Morgan fingerprint density at radius 2 is 1.92 bits per heavy atom. The molecule has 0 saturated carbocycles. The van der Waals surface area contributed by atoms with Gasteiger partial charge in [-0.3, -0.25) is 14.4 Å². The van der Waals surface area contributed by atoms with Gasteiger partial charge in [-0.1, -0.05) is 17.4 Å². The lowest BCUT2D eigenvalue weighted by atomic mass is 10.1. The average molecular weight is 542 g/mol. The SMILES string of the molecule is COc1ccc(S(=O)(=O)Nc2ccc(C(=O)N(CC3CCCO3)c3nc4c(F)cccc4s3)cc2)cc1. The van der Waals surface area contributed by atoms with E-state index in [0.717, 1.165) is 12.8 Å². The lowest BCUT2D eigenvalue weighted by Gasteiger charge is -2.23. The zero-order chi connectivity index (χ0) is 26.0. The summed E-state index contributed by atoms with van der Waals surface area (Å²) < 4.78 is 53.7. The van der Waals surface area contributed by atoms with Crippen molar-refractivity contribution in [2.24, 2.45) is 0 Å². The molecule has 1 unspecified atom stereocenters. The second-order valence-corrected chi connectivity index (χ2v) is 11.2. The van der Waals surface area contributed by atoms with Crippen LogP contribution in [0.2, 0.25) is 0 Å². The Kier molecular flexibility index (Phi) is 7.09. The van der Waals surface area contributed by atoms with Gasteiger partial charge in [0.2, 0.25) is 0 Å². The van der Waals surface area contributed by atoms with Gasteiger partial charge in [0.1, 0.15) is 17.1 Å². The van der Waals surface area contributed by atoms with Gasteiger partial charge in [-0.15, -0.1) is 0 Å². The van der Waals surface area contributed by atoms with Crippen molar-refractivity contribution in [2.75, 3.05) is 29.9 Å². The van der Waals surface area contributed by atoms with E-state index in [0.29, 0.717) is 33.4 Å². The zero-order valence-electron chi connectivity index (χ0n) is 19.9. The fourth-order valence-electron chi connectivity index (χ4n) is 4.06. The molecule has 1 aromatic heterocycles. The summed E-state index contributed by atoms with van der Waals surface area (Å²) in [6, 6.07) is 16.9. The maximum absolute atomic E-state index is 14.3. The Morgan fingerprint density at radius 3 is 2.57 bits per heavy atom. The van der Waals surface area contributed by atoms with E-state index < -0.39 is 15.8 Å². The van der Waals surface area contributed by atoms with Crippen LogP contribution in [0, 0.1) is 5.82 Å². The molecule has 1 fully saturated rings. The Morgan fingerprint density at radius 1 is 1.16 bits per heavy atom. The largest absolute Gasteiger partial charge is 0.497 e. The van der Waals surface area contributed by atoms with Crippen LogP contribution in [0.15, 0.2) is 71.6 Å². The van der Waals surface area contributed by atoms with E-state index in [1.165, 1.54) is 53.7 Å². The molecular formula is C26H24FN3O5S2. The van der Waals surface area contributed by atoms with Crippen molar-refractivity contribution in [1.29, 1.82) is 0 Å². The molecule has 0 aliphatic carbocycles. The van der Waals surface area contributed by atoms with Gasteiger partial charge in [-0.05, 0) is 73.5 Å². The molecule has 0 bridgehead atoms. The normalized spacial score (nSPS) is 15.6. The number of hydrogen-bond donors (Lipinski definition) is 1. The van der Waals surface area contributed by atoms with Crippen molar-refractivity contribution in [3.63, 3.8) is 0 Å². The highest BCUT2D eigenvalue weighted by Crippen LogP contribution is 2.32. The number of carbonyl (C=O) groups is 1. The number of methoxy groups -OCH3 is 1. The number of para-hydroxylation sites is 1. The number of ether oxygens (including phenoxy) is 2. The summed E-state index contributed by atoms with van der Waals surface area (Å²) in [5, 5.41) is 0.380. The van der Waals surface area contributed by atoms with Crippen LogP contribution in [0.3, 0.4) is 0 Å². The molecule has 1 aliphatic rings. The third-order valence-corrected chi connectivity index (χ3v) is 8.44. The molecule has 1 atom stereocenters. The molecular weight excluding hydrogens is 517 g/mol. The van der Waals surface area contributed by atoms with E-state index in [2.05, 4.69) is 9.71 Å². The standard InChI is InChI=1S/C26H24FN3O5S2/c1-34-19-11-13-21(14-12-19)37(32,33)29-18-9-7-17(8-10-18)25(31)30(16-20-4-3-15-35-20)26-28-24-22(27)5-2-6-23(24)36-26/h2,5-14,20,29H,3-4,15-16H2,1H3. The monoisotopic (exact) mass is 541 g/mol. The van der Waals surface area contributed by atoms with Gasteiger partial charge in [0.15, 0.2) is 5.13 Å². The number of aromatic nitrogens is 1. The number of anilines is 2. The molecule has 5 rings (SSSR count). The third kappa shape index (κ3) is 5.43. The predicted octanol–water partition coefficient (Wildman–Crippen LogP) is 5.07. The summed E-state index contributed by atoms with van der Waals surface area (Å²) >= 11 is 1.23. The zero-order valence-corrected chi connectivity index (χ0v) is 21.5. The fourth-order valence-corrected chi connectivity index (χ4v) is 6.11. The van der Waals surface area contributed by atoms with Gasteiger partial charge in [0, 0.05) is 17.9 Å². The summed E-state index contributed by atoms with van der Waals surface area (Å²) in [5.74, 6) is -0.234. The smallest absolute Gasteiger partial charge is 0.261 e. The quantitative estimate of drug-likeness (QED) is 0.335. The van der Waals surface area contributed by atoms with Crippen molar-refractivity contribution in [3.8, 4) is 5.75 Å². The van der Waals surface area contributed by atoms with E-state index in [1.807, 2.05) is 0 Å². The van der Waals surface area contributed by atoms with E-state index >= 15 is 0 Å². The van der Waals surface area contributed by atoms with E-state index in [4.69, 9.17) is 9.47 Å². The van der Waals surface area contributed by atoms with Gasteiger partial charge in [0.05, 0.1) is 29.4 Å². The minimum atomic E-state index is -3.83. The van der Waals surface area contributed by atoms with Gasteiger partial charge < -0.3 is 9.47 Å². The summed E-state index contributed by atoms with van der Waals surface area (Å²) in [6.07, 6.45) is 1.58. The minimum absolute atomic E-state index is 0.0826. The molecule has 1 amide bonds. The number of carbonyl (C=O) groups excluding carboxylic acids is 1. The second kappa shape index (κ2) is 10.4. The van der Waals surface area contributed by atoms with Gasteiger partial charge in [-0.25, -0.2) is 17.8 Å². The highest BCUT2D eigenvalue weighted by Gasteiger charge is 2.27. The molecule has 0 radical (unpaired) electrons. The van der Waals surface area contributed by atoms with Crippen LogP contribution in [-0.2, 0) is 14.8 Å². The number of benzene rings is 3. The Labute approximate surface area is 217 Å². The van der Waals surface area contributed by atoms with Crippen LogP contribution >= 0.6 is 11.3 Å². The predicted molar refractivity (Wildman–Crippen MR) is 140 cm³/mol. The molecule has 8 nitrogen and oxygen atoms in total. The number of fused-ring (bicyclic) bond motifs is 1. The molecule has 11 heteroatoms. The summed E-state index contributed by atoms with van der Waals surface area (Å²) in [5.41, 5.74) is 0.862. The summed E-state index contributed by atoms with van der Waals surface area (Å²) in [4.78, 5) is 19.6. The molecule has 0 spiro atoms. The molecule has 4 aromatic rings. The molecule has 2 heterocycles. The van der Waals surface area contributed by atoms with E-state index in [1.54, 1.807) is 36.4 Å². The van der Waals surface area contributed by atoms with Crippen molar-refractivity contribution >= 4 is 48.3 Å². The van der Waals surface area contributed by atoms with Gasteiger partial charge in [0.25, 0.3) is 15.9 Å². The van der Waals surface area contributed by atoms with Crippen LogP contribution in [0.5, 0.6) is 5.75 Å². The van der Waals surface area contributed by atoms with E-state index in [-0.39, 0.29) is 29.0 Å². The number of sulfonamides is 1.